The second-order valence-electron chi connectivity index (χ2n) is 4.99. The minimum absolute atomic E-state index is 0.797. The van der Waals surface area contributed by atoms with Crippen LogP contribution in [0.1, 0.15) is 30.3 Å². The van der Waals surface area contributed by atoms with Gasteiger partial charge in [0.15, 0.2) is 5.82 Å². The van der Waals surface area contributed by atoms with E-state index in [-0.39, 0.29) is 0 Å². The number of nitrogens with zero attached hydrogens (tertiary/aromatic N) is 4. The fraction of sp³-hybridized carbons (Fsp3) is 0.500. The first-order valence-corrected chi connectivity index (χ1v) is 6.85. The molecule has 2 aromatic rings. The lowest BCUT2D eigenvalue weighted by Crippen LogP contribution is -2.27. The van der Waals surface area contributed by atoms with Gasteiger partial charge in [-0.25, -0.2) is 15.0 Å². The molecule has 0 fully saturated rings. The normalized spacial score (nSPS) is 14.4. The quantitative estimate of drug-likeness (QED) is 0.905. The van der Waals surface area contributed by atoms with E-state index in [1.165, 1.54) is 11.3 Å². The highest BCUT2D eigenvalue weighted by molar-refractivity contribution is 5.50. The average Bonchev–Trinajstić information content (AvgIpc) is 2.85. The number of fused-ring (bicyclic) bond motifs is 1. The van der Waals surface area contributed by atoms with Crippen LogP contribution in [0.3, 0.4) is 0 Å². The van der Waals surface area contributed by atoms with Crippen LogP contribution in [0.4, 0.5) is 0 Å². The summed E-state index contributed by atoms with van der Waals surface area (Å²) in [6.07, 6.45) is 6.79. The van der Waals surface area contributed by atoms with Gasteiger partial charge in [-0.15, -0.1) is 0 Å². The third-order valence-electron chi connectivity index (χ3n) is 3.56. The summed E-state index contributed by atoms with van der Waals surface area (Å²) in [7, 11) is 1.98. The van der Waals surface area contributed by atoms with Crippen molar-refractivity contribution in [2.24, 2.45) is 7.05 Å². The molecule has 0 spiro atoms. The van der Waals surface area contributed by atoms with Crippen molar-refractivity contribution in [1.29, 1.82) is 0 Å². The van der Waals surface area contributed by atoms with Gasteiger partial charge in [-0.05, 0) is 24.9 Å². The molecule has 0 atom stereocenters. The summed E-state index contributed by atoms with van der Waals surface area (Å²) in [4.78, 5) is 13.7. The van der Waals surface area contributed by atoms with Crippen LogP contribution < -0.4 is 5.32 Å². The Balaban J connectivity index is 2.11. The lowest BCUT2D eigenvalue weighted by atomic mass is 10.0. The topological polar surface area (TPSA) is 55.6 Å². The van der Waals surface area contributed by atoms with Crippen molar-refractivity contribution < 1.29 is 0 Å². The van der Waals surface area contributed by atoms with Crippen molar-refractivity contribution in [1.82, 2.24) is 24.8 Å². The van der Waals surface area contributed by atoms with Crippen molar-refractivity contribution >= 4 is 0 Å². The molecule has 0 saturated carbocycles. The van der Waals surface area contributed by atoms with Gasteiger partial charge in [0.1, 0.15) is 5.69 Å². The van der Waals surface area contributed by atoms with Crippen LogP contribution in [0, 0.1) is 0 Å². The van der Waals surface area contributed by atoms with Crippen LogP contribution >= 0.6 is 0 Å². The van der Waals surface area contributed by atoms with Crippen molar-refractivity contribution in [3.63, 3.8) is 0 Å². The number of hydrogen-bond acceptors (Lipinski definition) is 4. The van der Waals surface area contributed by atoms with E-state index in [9.17, 15) is 0 Å². The SMILES string of the molecule is CCCc1nc(-c2cncn2C)nc2c1CCNC2. The highest BCUT2D eigenvalue weighted by atomic mass is 15.1. The number of aromatic nitrogens is 4. The summed E-state index contributed by atoms with van der Waals surface area (Å²) >= 11 is 0. The molecule has 0 saturated heterocycles. The van der Waals surface area contributed by atoms with Gasteiger partial charge in [0.2, 0.25) is 0 Å². The van der Waals surface area contributed by atoms with Crippen LogP contribution in [0.15, 0.2) is 12.5 Å². The minimum Gasteiger partial charge on any atom is -0.331 e. The summed E-state index contributed by atoms with van der Waals surface area (Å²) in [5.74, 6) is 0.797. The molecule has 0 aromatic carbocycles. The van der Waals surface area contributed by atoms with E-state index in [1.54, 1.807) is 6.33 Å². The molecular weight excluding hydrogens is 238 g/mol. The second-order valence-corrected chi connectivity index (χ2v) is 4.99. The Bertz CT molecular complexity index is 588. The number of aryl methyl sites for hydroxylation is 2. The van der Waals surface area contributed by atoms with Crippen LogP contribution in [-0.4, -0.2) is 26.1 Å². The second kappa shape index (κ2) is 5.09. The first-order chi connectivity index (χ1) is 9.29. The zero-order chi connectivity index (χ0) is 13.2. The lowest BCUT2D eigenvalue weighted by Gasteiger charge is -2.20. The van der Waals surface area contributed by atoms with Gasteiger partial charge in [0.25, 0.3) is 0 Å². The Morgan fingerprint density at radius 2 is 2.26 bits per heavy atom. The molecule has 0 aliphatic carbocycles. The van der Waals surface area contributed by atoms with Gasteiger partial charge in [0.05, 0.1) is 18.2 Å². The maximum absolute atomic E-state index is 4.78. The van der Waals surface area contributed by atoms with Crippen LogP contribution in [0.2, 0.25) is 0 Å². The maximum atomic E-state index is 4.78. The number of rotatable bonds is 3. The summed E-state index contributed by atoms with van der Waals surface area (Å²) < 4.78 is 1.97. The van der Waals surface area contributed by atoms with E-state index in [1.807, 2.05) is 17.8 Å². The van der Waals surface area contributed by atoms with E-state index in [4.69, 9.17) is 9.97 Å². The standard InChI is InChI=1S/C14H19N5/c1-3-4-11-10-5-6-15-7-12(10)18-14(17-11)13-8-16-9-19(13)2/h8-9,15H,3-7H2,1-2H3. The summed E-state index contributed by atoms with van der Waals surface area (Å²) in [6.45, 7) is 4.07. The Labute approximate surface area is 113 Å². The highest BCUT2D eigenvalue weighted by Gasteiger charge is 2.18. The van der Waals surface area contributed by atoms with E-state index < -0.39 is 0 Å². The molecule has 5 nitrogen and oxygen atoms in total. The molecule has 2 aromatic heterocycles. The van der Waals surface area contributed by atoms with E-state index in [0.717, 1.165) is 49.6 Å². The van der Waals surface area contributed by atoms with E-state index >= 15 is 0 Å². The van der Waals surface area contributed by atoms with Crippen molar-refractivity contribution in [2.75, 3.05) is 6.54 Å². The van der Waals surface area contributed by atoms with Crippen molar-refractivity contribution in [3.05, 3.63) is 29.5 Å². The molecule has 0 radical (unpaired) electrons. The number of nitrogens with one attached hydrogen (secondary N) is 1. The predicted molar refractivity (Wildman–Crippen MR) is 73.6 cm³/mol. The molecule has 0 amide bonds. The molecule has 1 aliphatic heterocycles. The molecule has 0 bridgehead atoms. The first-order valence-electron chi connectivity index (χ1n) is 6.85. The molecule has 3 rings (SSSR count). The maximum Gasteiger partial charge on any atom is 0.178 e. The van der Waals surface area contributed by atoms with E-state index in [2.05, 4.69) is 17.2 Å². The molecule has 100 valence electrons. The van der Waals surface area contributed by atoms with Crippen LogP contribution in [0.5, 0.6) is 0 Å². The van der Waals surface area contributed by atoms with Gasteiger partial charge in [-0.1, -0.05) is 13.3 Å². The predicted octanol–water partition coefficient (Wildman–Crippen LogP) is 1.48. The fourth-order valence-corrected chi connectivity index (χ4v) is 2.57. The van der Waals surface area contributed by atoms with Gasteiger partial charge in [-0.2, -0.15) is 0 Å². The Hall–Kier alpha value is -1.75. The van der Waals surface area contributed by atoms with Crippen molar-refractivity contribution in [3.8, 4) is 11.5 Å². The fourth-order valence-electron chi connectivity index (χ4n) is 2.57. The third kappa shape index (κ3) is 2.26. The van der Waals surface area contributed by atoms with Gasteiger partial charge in [-0.3, -0.25) is 0 Å². The average molecular weight is 257 g/mol. The molecule has 1 N–H and O–H groups in total. The first kappa shape index (κ1) is 12.3. The minimum atomic E-state index is 0.797. The van der Waals surface area contributed by atoms with Gasteiger partial charge < -0.3 is 9.88 Å². The monoisotopic (exact) mass is 257 g/mol. The molecule has 19 heavy (non-hydrogen) atoms. The van der Waals surface area contributed by atoms with E-state index in [0.29, 0.717) is 0 Å². The number of hydrogen-bond donors (Lipinski definition) is 1. The van der Waals surface area contributed by atoms with Gasteiger partial charge >= 0.3 is 0 Å². The molecule has 5 heteroatoms. The number of imidazole rings is 1. The zero-order valence-corrected chi connectivity index (χ0v) is 11.5. The highest BCUT2D eigenvalue weighted by Crippen LogP contribution is 2.22. The van der Waals surface area contributed by atoms with Crippen LogP contribution in [-0.2, 0) is 26.4 Å². The summed E-state index contributed by atoms with van der Waals surface area (Å²) in [5.41, 5.74) is 4.70. The molecule has 0 unspecified atom stereocenters. The third-order valence-corrected chi connectivity index (χ3v) is 3.56. The van der Waals surface area contributed by atoms with Crippen molar-refractivity contribution in [2.45, 2.75) is 32.7 Å². The van der Waals surface area contributed by atoms with Gasteiger partial charge in [0, 0.05) is 19.3 Å². The molecular formula is C14H19N5. The lowest BCUT2D eigenvalue weighted by molar-refractivity contribution is 0.614. The summed E-state index contributed by atoms with van der Waals surface area (Å²) in [5, 5.41) is 3.38. The molecule has 1 aliphatic rings. The summed E-state index contributed by atoms with van der Waals surface area (Å²) in [6, 6.07) is 0. The Morgan fingerprint density at radius 1 is 1.37 bits per heavy atom. The Morgan fingerprint density at radius 3 is 3.00 bits per heavy atom. The smallest absolute Gasteiger partial charge is 0.178 e. The van der Waals surface area contributed by atoms with Crippen LogP contribution in [0.25, 0.3) is 11.5 Å². The zero-order valence-electron chi connectivity index (χ0n) is 11.5. The largest absolute Gasteiger partial charge is 0.331 e. The molecule has 3 heterocycles. The Kier molecular flexibility index (Phi) is 3.29.